The highest BCUT2D eigenvalue weighted by molar-refractivity contribution is 5.99. The summed E-state index contributed by atoms with van der Waals surface area (Å²) in [5.41, 5.74) is 1.45. The number of nitrogens with zero attached hydrogens (tertiary/aromatic N) is 1. The summed E-state index contributed by atoms with van der Waals surface area (Å²) in [5, 5.41) is 2.87. The molecule has 10 nitrogen and oxygen atoms in total. The van der Waals surface area contributed by atoms with Crippen molar-refractivity contribution in [3.8, 4) is 23.0 Å². The van der Waals surface area contributed by atoms with E-state index in [-0.39, 0.29) is 36.1 Å². The standard InChI is InChI=1S/C24H26N2O8/c1-30-16-8-5-13(11-18(16)32-3)12-25-22(28)15-7-10-19(27)26(15)23-14-6-9-17(31-2)21(33-4)20(14)24(29)34-23/h5-6,8-9,11,15,23H,7,10,12H2,1-4H3,(H,25,28)/t15-,23?/m0/s1. The van der Waals surface area contributed by atoms with Crippen LogP contribution in [0, 0.1) is 0 Å². The van der Waals surface area contributed by atoms with Gasteiger partial charge in [0, 0.05) is 18.5 Å². The average Bonchev–Trinajstić information content (AvgIpc) is 3.40. The molecule has 1 saturated heterocycles. The van der Waals surface area contributed by atoms with Crippen molar-refractivity contribution in [1.82, 2.24) is 10.2 Å². The minimum atomic E-state index is -1.02. The molecule has 34 heavy (non-hydrogen) atoms. The topological polar surface area (TPSA) is 113 Å². The fourth-order valence-electron chi connectivity index (χ4n) is 4.34. The quantitative estimate of drug-likeness (QED) is 0.585. The number of cyclic esters (lactones) is 1. The predicted molar refractivity (Wildman–Crippen MR) is 119 cm³/mol. The second-order valence-corrected chi connectivity index (χ2v) is 7.79. The molecule has 2 heterocycles. The van der Waals surface area contributed by atoms with E-state index in [9.17, 15) is 14.4 Å². The van der Waals surface area contributed by atoms with Crippen LogP contribution >= 0.6 is 0 Å². The SMILES string of the molecule is COc1ccc(CNC(=O)[C@@H]2CCC(=O)N2C2OC(=O)c3c2ccc(OC)c3OC)cc1OC. The number of amides is 2. The van der Waals surface area contributed by atoms with Crippen molar-refractivity contribution >= 4 is 17.8 Å². The summed E-state index contributed by atoms with van der Waals surface area (Å²) in [6.45, 7) is 0.226. The maximum Gasteiger partial charge on any atom is 0.344 e. The first-order chi connectivity index (χ1) is 16.4. The van der Waals surface area contributed by atoms with Gasteiger partial charge in [-0.25, -0.2) is 4.79 Å². The molecule has 0 radical (unpaired) electrons. The van der Waals surface area contributed by atoms with Gasteiger partial charge in [-0.15, -0.1) is 0 Å². The van der Waals surface area contributed by atoms with Crippen molar-refractivity contribution in [3.05, 3.63) is 47.0 Å². The van der Waals surface area contributed by atoms with E-state index >= 15 is 0 Å². The Morgan fingerprint density at radius 1 is 1.00 bits per heavy atom. The zero-order chi connectivity index (χ0) is 24.4. The number of benzene rings is 2. The minimum Gasteiger partial charge on any atom is -0.493 e. The lowest BCUT2D eigenvalue weighted by Crippen LogP contribution is -2.46. The largest absolute Gasteiger partial charge is 0.493 e. The number of rotatable bonds is 8. The normalized spacial score (nSPS) is 18.9. The lowest BCUT2D eigenvalue weighted by Gasteiger charge is -2.29. The third-order valence-electron chi connectivity index (χ3n) is 5.99. The Morgan fingerprint density at radius 2 is 1.71 bits per heavy atom. The lowest BCUT2D eigenvalue weighted by molar-refractivity contribution is -0.145. The molecule has 2 aromatic rings. The molecule has 4 rings (SSSR count). The van der Waals surface area contributed by atoms with E-state index in [1.54, 1.807) is 31.4 Å². The van der Waals surface area contributed by atoms with Gasteiger partial charge in [-0.1, -0.05) is 6.07 Å². The smallest absolute Gasteiger partial charge is 0.344 e. The summed E-state index contributed by atoms with van der Waals surface area (Å²) in [4.78, 5) is 39.8. The molecule has 2 atom stereocenters. The van der Waals surface area contributed by atoms with Gasteiger partial charge in [-0.3, -0.25) is 14.5 Å². The first kappa shape index (κ1) is 23.2. The molecular formula is C24H26N2O8. The van der Waals surface area contributed by atoms with Crippen molar-refractivity contribution in [2.75, 3.05) is 28.4 Å². The van der Waals surface area contributed by atoms with Crippen LogP contribution in [0.3, 0.4) is 0 Å². The monoisotopic (exact) mass is 470 g/mol. The number of ether oxygens (including phenoxy) is 5. The van der Waals surface area contributed by atoms with Crippen molar-refractivity contribution in [3.63, 3.8) is 0 Å². The molecule has 180 valence electrons. The number of esters is 1. The molecule has 1 N–H and O–H groups in total. The lowest BCUT2D eigenvalue weighted by atomic mass is 10.0. The fraction of sp³-hybridized carbons (Fsp3) is 0.375. The van der Waals surface area contributed by atoms with Gasteiger partial charge in [0.1, 0.15) is 11.6 Å². The van der Waals surface area contributed by atoms with E-state index in [1.807, 2.05) is 6.07 Å². The molecule has 1 fully saturated rings. The van der Waals surface area contributed by atoms with Gasteiger partial charge < -0.3 is 29.0 Å². The van der Waals surface area contributed by atoms with Gasteiger partial charge >= 0.3 is 5.97 Å². The molecule has 2 aromatic carbocycles. The zero-order valence-corrected chi connectivity index (χ0v) is 19.4. The predicted octanol–water partition coefficient (Wildman–Crippen LogP) is 2.20. The third-order valence-corrected chi connectivity index (χ3v) is 5.99. The van der Waals surface area contributed by atoms with Crippen LogP contribution in [0.4, 0.5) is 0 Å². The molecular weight excluding hydrogens is 444 g/mol. The highest BCUT2D eigenvalue weighted by Gasteiger charge is 2.47. The van der Waals surface area contributed by atoms with E-state index in [4.69, 9.17) is 23.7 Å². The Morgan fingerprint density at radius 3 is 2.38 bits per heavy atom. The van der Waals surface area contributed by atoms with Crippen LogP contribution in [-0.4, -0.2) is 57.2 Å². The number of likely N-dealkylation sites (tertiary alicyclic amines) is 1. The molecule has 1 unspecified atom stereocenters. The molecule has 2 aliphatic heterocycles. The van der Waals surface area contributed by atoms with Gasteiger partial charge in [0.2, 0.25) is 18.0 Å². The Balaban J connectivity index is 1.55. The summed E-state index contributed by atoms with van der Waals surface area (Å²) in [6.07, 6.45) is -0.535. The van der Waals surface area contributed by atoms with Gasteiger partial charge in [0.05, 0.1) is 28.4 Å². The molecule has 0 bridgehead atoms. The molecule has 0 aromatic heterocycles. The minimum absolute atomic E-state index is 0.172. The van der Waals surface area contributed by atoms with E-state index < -0.39 is 18.2 Å². The first-order valence-corrected chi connectivity index (χ1v) is 10.7. The summed E-state index contributed by atoms with van der Waals surface area (Å²) >= 11 is 0. The van der Waals surface area contributed by atoms with Crippen LogP contribution in [0.5, 0.6) is 23.0 Å². The van der Waals surface area contributed by atoms with Gasteiger partial charge in [-0.2, -0.15) is 0 Å². The van der Waals surface area contributed by atoms with Gasteiger partial charge in [0.25, 0.3) is 0 Å². The van der Waals surface area contributed by atoms with Gasteiger partial charge in [-0.05, 0) is 36.2 Å². The van der Waals surface area contributed by atoms with E-state index in [2.05, 4.69) is 5.32 Å². The highest BCUT2D eigenvalue weighted by atomic mass is 16.6. The van der Waals surface area contributed by atoms with Crippen LogP contribution < -0.4 is 24.3 Å². The van der Waals surface area contributed by atoms with Crippen molar-refractivity contribution in [2.24, 2.45) is 0 Å². The zero-order valence-electron chi connectivity index (χ0n) is 19.4. The maximum absolute atomic E-state index is 13.1. The Kier molecular flexibility index (Phi) is 6.49. The Bertz CT molecular complexity index is 1130. The van der Waals surface area contributed by atoms with Crippen LogP contribution in [-0.2, 0) is 20.9 Å². The first-order valence-electron chi connectivity index (χ1n) is 10.7. The number of methoxy groups -OCH3 is 4. The van der Waals surface area contributed by atoms with E-state index in [0.717, 1.165) is 5.56 Å². The summed E-state index contributed by atoms with van der Waals surface area (Å²) < 4.78 is 26.7. The molecule has 0 saturated carbocycles. The molecule has 10 heteroatoms. The van der Waals surface area contributed by atoms with Crippen LogP contribution in [0.15, 0.2) is 30.3 Å². The fourth-order valence-corrected chi connectivity index (χ4v) is 4.34. The number of nitrogens with one attached hydrogen (secondary N) is 1. The number of fused-ring (bicyclic) bond motifs is 1. The number of hydrogen-bond donors (Lipinski definition) is 1. The second-order valence-electron chi connectivity index (χ2n) is 7.79. The highest BCUT2D eigenvalue weighted by Crippen LogP contribution is 2.45. The molecule has 2 aliphatic rings. The second kappa shape index (κ2) is 9.50. The van der Waals surface area contributed by atoms with Gasteiger partial charge in [0.15, 0.2) is 23.0 Å². The molecule has 0 spiro atoms. The number of hydrogen-bond acceptors (Lipinski definition) is 8. The van der Waals surface area contributed by atoms with Crippen molar-refractivity contribution < 1.29 is 38.1 Å². The Hall–Kier alpha value is -3.95. The van der Waals surface area contributed by atoms with Crippen molar-refractivity contribution in [2.45, 2.75) is 31.7 Å². The average molecular weight is 470 g/mol. The maximum atomic E-state index is 13.1. The van der Waals surface area contributed by atoms with Crippen LogP contribution in [0.1, 0.15) is 40.6 Å². The van der Waals surface area contributed by atoms with E-state index in [0.29, 0.717) is 29.2 Å². The summed E-state index contributed by atoms with van der Waals surface area (Å²) in [7, 11) is 5.97. The van der Waals surface area contributed by atoms with Crippen molar-refractivity contribution in [1.29, 1.82) is 0 Å². The summed E-state index contributed by atoms with van der Waals surface area (Å²) in [6, 6.07) is 7.83. The number of carbonyl (C=O) groups excluding carboxylic acids is 3. The number of carbonyl (C=O) groups is 3. The third kappa shape index (κ3) is 3.95. The molecule has 2 amide bonds. The van der Waals surface area contributed by atoms with E-state index in [1.165, 1.54) is 26.2 Å². The summed E-state index contributed by atoms with van der Waals surface area (Å²) in [5.74, 6) is 0.478. The molecule has 0 aliphatic carbocycles. The van der Waals surface area contributed by atoms with Crippen LogP contribution in [0.25, 0.3) is 0 Å². The van der Waals surface area contributed by atoms with Crippen LogP contribution in [0.2, 0.25) is 0 Å². The Labute approximate surface area is 196 Å².